The molecule has 2 unspecified atom stereocenters. The fraction of sp³-hybridized carbons (Fsp3) is 0.455. The Kier molecular flexibility index (Phi) is 4.23. The highest BCUT2D eigenvalue weighted by Crippen LogP contribution is 2.42. The van der Waals surface area contributed by atoms with Gasteiger partial charge in [-0.1, -0.05) is 15.9 Å². The molecule has 4 nitrogen and oxygen atoms in total. The van der Waals surface area contributed by atoms with E-state index in [4.69, 9.17) is 0 Å². The van der Waals surface area contributed by atoms with Gasteiger partial charge in [0.25, 0.3) is 0 Å². The van der Waals surface area contributed by atoms with Crippen molar-refractivity contribution in [3.8, 4) is 0 Å². The number of fused-ring (bicyclic) bond motifs is 1. The van der Waals surface area contributed by atoms with Crippen LogP contribution in [-0.2, 0) is 10.0 Å². The van der Waals surface area contributed by atoms with Gasteiger partial charge in [-0.3, -0.25) is 0 Å². The number of piperidine rings is 1. The summed E-state index contributed by atoms with van der Waals surface area (Å²) in [5, 5.41) is 3.18. The van der Waals surface area contributed by atoms with Crippen molar-refractivity contribution in [2.45, 2.75) is 10.9 Å². The summed E-state index contributed by atoms with van der Waals surface area (Å²) in [5.41, 5.74) is 0. The van der Waals surface area contributed by atoms with Crippen molar-refractivity contribution >= 4 is 38.4 Å². The van der Waals surface area contributed by atoms with Gasteiger partial charge in [-0.15, -0.1) is 12.4 Å². The first-order chi connectivity index (χ1) is 8.49. The summed E-state index contributed by atoms with van der Waals surface area (Å²) in [6.07, 6.45) is 0. The van der Waals surface area contributed by atoms with Crippen LogP contribution in [0.15, 0.2) is 27.6 Å². The minimum absolute atomic E-state index is 0. The molecule has 0 radical (unpaired) electrons. The number of rotatable bonds is 3. The molecule has 2 N–H and O–H groups in total. The molecule has 1 aromatic carbocycles. The largest absolute Gasteiger partial charge is 0.316 e. The molecule has 1 aliphatic heterocycles. The lowest BCUT2D eigenvalue weighted by Gasteiger charge is -2.09. The molecular formula is C11H13BrClFN2O2S. The fourth-order valence-corrected chi connectivity index (χ4v) is 4.26. The minimum atomic E-state index is -3.76. The first-order valence-electron chi connectivity index (χ1n) is 5.67. The zero-order chi connectivity index (χ0) is 12.9. The van der Waals surface area contributed by atoms with Gasteiger partial charge >= 0.3 is 0 Å². The number of nitrogens with one attached hydrogen (secondary N) is 2. The zero-order valence-electron chi connectivity index (χ0n) is 9.77. The zero-order valence-corrected chi connectivity index (χ0v) is 13.0. The molecule has 2 atom stereocenters. The minimum Gasteiger partial charge on any atom is -0.316 e. The predicted molar refractivity (Wildman–Crippen MR) is 75.3 cm³/mol. The van der Waals surface area contributed by atoms with E-state index in [-0.39, 0.29) is 23.3 Å². The van der Waals surface area contributed by atoms with E-state index in [1.54, 1.807) is 0 Å². The first-order valence-corrected chi connectivity index (χ1v) is 7.95. The molecule has 1 heterocycles. The topological polar surface area (TPSA) is 58.2 Å². The molecule has 1 saturated heterocycles. The van der Waals surface area contributed by atoms with Gasteiger partial charge in [0.05, 0.1) is 0 Å². The molecule has 19 heavy (non-hydrogen) atoms. The molecule has 0 spiro atoms. The van der Waals surface area contributed by atoms with Crippen molar-refractivity contribution < 1.29 is 12.8 Å². The number of sulfonamides is 1. The van der Waals surface area contributed by atoms with E-state index in [1.165, 1.54) is 12.1 Å². The molecule has 2 aliphatic rings. The van der Waals surface area contributed by atoms with Crippen LogP contribution in [0.25, 0.3) is 0 Å². The summed E-state index contributed by atoms with van der Waals surface area (Å²) in [6, 6.07) is 3.91. The maximum atomic E-state index is 13.6. The Hall–Kier alpha value is -0.210. The standard InChI is InChI=1S/C11H12BrFN2O2S.ClH/c12-6-1-2-10(9(13)3-6)18(16,17)15-11-7-4-14-5-8(7)11;/h1-3,7-8,11,14-15H,4-5H2;1H. The SMILES string of the molecule is Cl.O=S(=O)(NC1C2CNCC21)c1ccc(Br)cc1F. The van der Waals surface area contributed by atoms with Crippen LogP contribution in [0, 0.1) is 17.7 Å². The van der Waals surface area contributed by atoms with E-state index >= 15 is 0 Å². The molecule has 0 bridgehead atoms. The molecule has 0 amide bonds. The van der Waals surface area contributed by atoms with Crippen LogP contribution in [0.2, 0.25) is 0 Å². The second kappa shape index (κ2) is 5.29. The lowest BCUT2D eigenvalue weighted by Crippen LogP contribution is -2.33. The van der Waals surface area contributed by atoms with Crippen molar-refractivity contribution in [3.63, 3.8) is 0 Å². The third kappa shape index (κ3) is 2.80. The molecule has 106 valence electrons. The smallest absolute Gasteiger partial charge is 0.243 e. The van der Waals surface area contributed by atoms with Crippen LogP contribution in [0.5, 0.6) is 0 Å². The lowest BCUT2D eigenvalue weighted by molar-refractivity contribution is 0.546. The highest BCUT2D eigenvalue weighted by molar-refractivity contribution is 9.10. The normalized spacial score (nSPS) is 28.6. The molecule has 1 saturated carbocycles. The third-order valence-electron chi connectivity index (χ3n) is 3.57. The highest BCUT2D eigenvalue weighted by atomic mass is 79.9. The van der Waals surface area contributed by atoms with Crippen LogP contribution in [0.1, 0.15) is 0 Å². The van der Waals surface area contributed by atoms with Gasteiger partial charge in [0.15, 0.2) is 0 Å². The van der Waals surface area contributed by atoms with Crippen molar-refractivity contribution in [1.29, 1.82) is 0 Å². The molecule has 1 aliphatic carbocycles. The van der Waals surface area contributed by atoms with Crippen molar-refractivity contribution in [3.05, 3.63) is 28.5 Å². The van der Waals surface area contributed by atoms with E-state index in [0.29, 0.717) is 16.3 Å². The maximum Gasteiger partial charge on any atom is 0.243 e. The molecular weight excluding hydrogens is 359 g/mol. The summed E-state index contributed by atoms with van der Waals surface area (Å²) in [7, 11) is -3.76. The van der Waals surface area contributed by atoms with Crippen molar-refractivity contribution in [2.75, 3.05) is 13.1 Å². The summed E-state index contributed by atoms with van der Waals surface area (Å²) in [5.74, 6) is -0.0163. The first kappa shape index (κ1) is 15.2. The Morgan fingerprint density at radius 1 is 1.32 bits per heavy atom. The quantitative estimate of drug-likeness (QED) is 0.847. The summed E-state index contributed by atoms with van der Waals surface area (Å²) < 4.78 is 40.9. The van der Waals surface area contributed by atoms with Gasteiger partial charge in [0, 0.05) is 10.5 Å². The summed E-state index contributed by atoms with van der Waals surface area (Å²) in [4.78, 5) is -0.288. The van der Waals surface area contributed by atoms with Crippen LogP contribution >= 0.6 is 28.3 Å². The Bertz CT molecular complexity index is 588. The molecule has 1 aromatic rings. The summed E-state index contributed by atoms with van der Waals surface area (Å²) >= 11 is 3.10. The predicted octanol–water partition coefficient (Wildman–Crippen LogP) is 1.51. The average Bonchev–Trinajstić information content (AvgIpc) is 2.74. The van der Waals surface area contributed by atoms with Gasteiger partial charge in [0.2, 0.25) is 10.0 Å². The molecule has 3 rings (SSSR count). The van der Waals surface area contributed by atoms with Crippen molar-refractivity contribution in [2.24, 2.45) is 11.8 Å². The number of hydrogen-bond donors (Lipinski definition) is 2. The Morgan fingerprint density at radius 3 is 2.53 bits per heavy atom. The molecule has 0 aromatic heterocycles. The van der Waals surface area contributed by atoms with E-state index in [2.05, 4.69) is 26.0 Å². The Balaban J connectivity index is 0.00000133. The van der Waals surface area contributed by atoms with Crippen LogP contribution in [0.3, 0.4) is 0 Å². The number of benzene rings is 1. The van der Waals surface area contributed by atoms with Gasteiger partial charge in [-0.25, -0.2) is 17.5 Å². The maximum absolute atomic E-state index is 13.6. The molecule has 2 fully saturated rings. The third-order valence-corrected chi connectivity index (χ3v) is 5.55. The fourth-order valence-electron chi connectivity index (χ4n) is 2.53. The van der Waals surface area contributed by atoms with E-state index in [9.17, 15) is 12.8 Å². The second-order valence-electron chi connectivity index (χ2n) is 4.71. The van der Waals surface area contributed by atoms with Gasteiger partial charge < -0.3 is 5.32 Å². The van der Waals surface area contributed by atoms with Crippen molar-refractivity contribution in [1.82, 2.24) is 10.0 Å². The number of halogens is 3. The van der Waals surface area contributed by atoms with E-state index < -0.39 is 15.8 Å². The highest BCUT2D eigenvalue weighted by Gasteiger charge is 2.54. The van der Waals surface area contributed by atoms with Crippen LogP contribution < -0.4 is 10.0 Å². The average molecular weight is 372 g/mol. The van der Waals surface area contributed by atoms with Crippen LogP contribution in [0.4, 0.5) is 4.39 Å². The monoisotopic (exact) mass is 370 g/mol. The summed E-state index contributed by atoms with van der Waals surface area (Å²) in [6.45, 7) is 1.67. The Labute approximate surface area is 125 Å². The van der Waals surface area contributed by atoms with E-state index in [1.807, 2.05) is 0 Å². The molecule has 8 heteroatoms. The van der Waals surface area contributed by atoms with Crippen LogP contribution in [-0.4, -0.2) is 27.5 Å². The number of hydrogen-bond acceptors (Lipinski definition) is 3. The van der Waals surface area contributed by atoms with E-state index in [0.717, 1.165) is 19.2 Å². The van der Waals surface area contributed by atoms with Gasteiger partial charge in [-0.05, 0) is 43.1 Å². The second-order valence-corrected chi connectivity index (χ2v) is 7.31. The lowest BCUT2D eigenvalue weighted by atomic mass is 10.3. The van der Waals surface area contributed by atoms with Gasteiger partial charge in [-0.2, -0.15) is 0 Å². The van der Waals surface area contributed by atoms with Gasteiger partial charge in [0.1, 0.15) is 10.7 Å². The Morgan fingerprint density at radius 2 is 1.95 bits per heavy atom.